The third-order valence-electron chi connectivity index (χ3n) is 2.06. The van der Waals surface area contributed by atoms with Crippen LogP contribution in [0.15, 0.2) is 30.3 Å². The third-order valence-corrected chi connectivity index (χ3v) is 2.68. The number of carbonyl (C=O) groups excluding carboxylic acids is 1. The molecule has 0 heterocycles. The van der Waals surface area contributed by atoms with Gasteiger partial charge in [-0.1, -0.05) is 46.9 Å². The van der Waals surface area contributed by atoms with Crippen molar-refractivity contribution < 1.29 is 9.90 Å². The molecule has 0 saturated heterocycles. The molecular weight excluding hydrogens is 311 g/mol. The highest BCUT2D eigenvalue weighted by Gasteiger charge is 2.31. The van der Waals surface area contributed by atoms with Crippen molar-refractivity contribution in [1.29, 1.82) is 5.26 Å². The van der Waals surface area contributed by atoms with E-state index in [1.807, 2.05) is 6.07 Å². The molecule has 0 saturated carbocycles. The largest absolute Gasteiger partial charge is 0.369 e. The number of carbonyl (C=O) groups is 1. The van der Waals surface area contributed by atoms with Gasteiger partial charge >= 0.3 is 0 Å². The van der Waals surface area contributed by atoms with Crippen LogP contribution >= 0.6 is 34.8 Å². The van der Waals surface area contributed by atoms with E-state index in [-0.39, 0.29) is 0 Å². The summed E-state index contributed by atoms with van der Waals surface area (Å²) in [6, 6.07) is 8.57. The summed E-state index contributed by atoms with van der Waals surface area (Å²) in [4.78, 5) is 11.4. The molecule has 7 heteroatoms. The summed E-state index contributed by atoms with van der Waals surface area (Å²) in [5.74, 6) is -0.608. The first-order valence-corrected chi connectivity index (χ1v) is 6.20. The Morgan fingerprint density at radius 1 is 1.37 bits per heavy atom. The molecule has 0 bridgehead atoms. The Morgan fingerprint density at radius 2 is 1.95 bits per heavy atom. The van der Waals surface area contributed by atoms with Gasteiger partial charge in [0.15, 0.2) is 6.23 Å². The van der Waals surface area contributed by atoms with Gasteiger partial charge in [0.1, 0.15) is 0 Å². The number of benzene rings is 1. The number of nitrogens with zero attached hydrogens (tertiary/aromatic N) is 1. The van der Waals surface area contributed by atoms with Gasteiger partial charge in [-0.3, -0.25) is 4.79 Å². The summed E-state index contributed by atoms with van der Waals surface area (Å²) >= 11 is 16.2. The number of amides is 1. The maximum absolute atomic E-state index is 11.4. The van der Waals surface area contributed by atoms with Crippen LogP contribution in [0.1, 0.15) is 11.1 Å². The Kier molecular flexibility index (Phi) is 5.64. The molecular formula is C12H9Cl3N2O2. The average Bonchev–Trinajstić information content (AvgIpc) is 2.35. The highest BCUT2D eigenvalue weighted by Crippen LogP contribution is 2.28. The number of halogens is 3. The quantitative estimate of drug-likeness (QED) is 0.510. The van der Waals surface area contributed by atoms with Crippen LogP contribution in [0.3, 0.4) is 0 Å². The van der Waals surface area contributed by atoms with Gasteiger partial charge in [-0.05, 0) is 23.8 Å². The monoisotopic (exact) mass is 318 g/mol. The first-order chi connectivity index (χ1) is 8.82. The van der Waals surface area contributed by atoms with Crippen LogP contribution < -0.4 is 5.32 Å². The number of rotatable bonds is 3. The number of hydrogen-bond acceptors (Lipinski definition) is 3. The molecule has 1 unspecified atom stereocenters. The van der Waals surface area contributed by atoms with Gasteiger partial charge in [0.2, 0.25) is 9.70 Å². The van der Waals surface area contributed by atoms with E-state index in [0.717, 1.165) is 5.56 Å². The second-order valence-electron chi connectivity index (χ2n) is 3.52. The second-order valence-corrected chi connectivity index (χ2v) is 5.89. The molecule has 0 aliphatic carbocycles. The van der Waals surface area contributed by atoms with Crippen molar-refractivity contribution in [2.24, 2.45) is 0 Å². The minimum absolute atomic E-state index is 0.522. The first kappa shape index (κ1) is 15.8. The normalized spacial score (nSPS) is 13.0. The molecule has 100 valence electrons. The van der Waals surface area contributed by atoms with Crippen LogP contribution in [0.4, 0.5) is 0 Å². The van der Waals surface area contributed by atoms with E-state index in [4.69, 9.17) is 40.1 Å². The minimum atomic E-state index is -1.99. The maximum atomic E-state index is 11.4. The van der Waals surface area contributed by atoms with Crippen molar-refractivity contribution in [2.75, 3.05) is 0 Å². The van der Waals surface area contributed by atoms with Crippen LogP contribution in [-0.4, -0.2) is 21.0 Å². The zero-order valence-electron chi connectivity index (χ0n) is 9.48. The number of hydrogen-bond donors (Lipinski definition) is 2. The summed E-state index contributed by atoms with van der Waals surface area (Å²) in [7, 11) is 0. The molecule has 1 aromatic carbocycles. The zero-order valence-corrected chi connectivity index (χ0v) is 11.7. The molecule has 1 aromatic rings. The van der Waals surface area contributed by atoms with E-state index < -0.39 is 15.9 Å². The Labute approximate surface area is 125 Å². The van der Waals surface area contributed by atoms with Gasteiger partial charge in [-0.15, -0.1) is 0 Å². The predicted molar refractivity (Wildman–Crippen MR) is 74.6 cm³/mol. The SMILES string of the molecule is N#Cc1ccc(/C=C/C(=O)NC(O)C(Cl)(Cl)Cl)cc1. The van der Waals surface area contributed by atoms with Crippen LogP contribution in [0.25, 0.3) is 6.08 Å². The molecule has 19 heavy (non-hydrogen) atoms. The van der Waals surface area contributed by atoms with Crippen LogP contribution in [0, 0.1) is 11.3 Å². The molecule has 2 N–H and O–H groups in total. The van der Waals surface area contributed by atoms with Gasteiger partial charge in [-0.25, -0.2) is 0 Å². The molecule has 4 nitrogen and oxygen atoms in total. The van der Waals surface area contributed by atoms with E-state index in [0.29, 0.717) is 5.56 Å². The van der Waals surface area contributed by atoms with Crippen molar-refractivity contribution in [3.63, 3.8) is 0 Å². The van der Waals surface area contributed by atoms with E-state index in [1.165, 1.54) is 12.2 Å². The summed E-state index contributed by atoms with van der Waals surface area (Å²) in [5.41, 5.74) is 1.24. The number of aliphatic hydroxyl groups is 1. The minimum Gasteiger partial charge on any atom is -0.369 e. The number of alkyl halides is 3. The van der Waals surface area contributed by atoms with E-state index in [9.17, 15) is 9.90 Å². The lowest BCUT2D eigenvalue weighted by atomic mass is 10.1. The van der Waals surface area contributed by atoms with Crippen LogP contribution in [-0.2, 0) is 4.79 Å². The number of nitriles is 1. The topological polar surface area (TPSA) is 73.1 Å². The highest BCUT2D eigenvalue weighted by molar-refractivity contribution is 6.68. The Bertz CT molecular complexity index is 515. The standard InChI is InChI=1S/C12H9Cl3N2O2/c13-12(14,15)11(19)17-10(18)6-5-8-1-3-9(7-16)4-2-8/h1-6,11,19H,(H,17,18)/b6-5+. The van der Waals surface area contributed by atoms with Crippen molar-refractivity contribution >= 4 is 46.8 Å². The van der Waals surface area contributed by atoms with Crippen LogP contribution in [0.5, 0.6) is 0 Å². The molecule has 1 amide bonds. The van der Waals surface area contributed by atoms with Crippen molar-refractivity contribution in [1.82, 2.24) is 5.32 Å². The fraction of sp³-hybridized carbons (Fsp3) is 0.167. The number of nitrogens with one attached hydrogen (secondary N) is 1. The summed E-state index contributed by atoms with van der Waals surface area (Å²) in [6.45, 7) is 0. The summed E-state index contributed by atoms with van der Waals surface area (Å²) in [5, 5.41) is 20.0. The van der Waals surface area contributed by atoms with Gasteiger partial charge < -0.3 is 10.4 Å². The highest BCUT2D eigenvalue weighted by atomic mass is 35.6. The molecule has 0 spiro atoms. The van der Waals surface area contributed by atoms with E-state index in [1.54, 1.807) is 24.3 Å². The van der Waals surface area contributed by atoms with Crippen molar-refractivity contribution in [2.45, 2.75) is 10.0 Å². The summed E-state index contributed by atoms with van der Waals surface area (Å²) in [6.07, 6.45) is 1.08. The lowest BCUT2D eigenvalue weighted by Gasteiger charge is -2.18. The summed E-state index contributed by atoms with van der Waals surface area (Å²) < 4.78 is -1.99. The zero-order chi connectivity index (χ0) is 14.5. The van der Waals surface area contributed by atoms with Gasteiger partial charge in [0, 0.05) is 6.08 Å². The van der Waals surface area contributed by atoms with E-state index in [2.05, 4.69) is 5.32 Å². The van der Waals surface area contributed by atoms with E-state index >= 15 is 0 Å². The molecule has 0 aromatic heterocycles. The smallest absolute Gasteiger partial charge is 0.246 e. The van der Waals surface area contributed by atoms with Crippen molar-refractivity contribution in [3.8, 4) is 6.07 Å². The molecule has 1 rings (SSSR count). The maximum Gasteiger partial charge on any atom is 0.246 e. The lowest BCUT2D eigenvalue weighted by molar-refractivity contribution is -0.119. The predicted octanol–water partition coefficient (Wildman–Crippen LogP) is 2.38. The molecule has 0 aliphatic heterocycles. The van der Waals surface area contributed by atoms with Crippen LogP contribution in [0.2, 0.25) is 0 Å². The lowest BCUT2D eigenvalue weighted by Crippen LogP contribution is -2.42. The van der Waals surface area contributed by atoms with Gasteiger partial charge in [-0.2, -0.15) is 5.26 Å². The van der Waals surface area contributed by atoms with Gasteiger partial charge in [0.05, 0.1) is 11.6 Å². The first-order valence-electron chi connectivity index (χ1n) is 5.06. The Balaban J connectivity index is 2.61. The molecule has 0 radical (unpaired) electrons. The molecule has 0 fully saturated rings. The Hall–Kier alpha value is -1.25. The average molecular weight is 320 g/mol. The molecule has 1 atom stereocenters. The second kappa shape index (κ2) is 6.78. The van der Waals surface area contributed by atoms with Crippen molar-refractivity contribution in [3.05, 3.63) is 41.5 Å². The molecule has 0 aliphatic rings. The van der Waals surface area contributed by atoms with Gasteiger partial charge in [0.25, 0.3) is 0 Å². The number of aliphatic hydroxyl groups excluding tert-OH is 1. The third kappa shape index (κ3) is 5.50. The fourth-order valence-electron chi connectivity index (χ4n) is 1.11. The fourth-order valence-corrected chi connectivity index (χ4v) is 1.27. The Morgan fingerprint density at radius 3 is 2.42 bits per heavy atom.